The lowest BCUT2D eigenvalue weighted by molar-refractivity contribution is -0.0113. The number of rotatable bonds is 4. The van der Waals surface area contributed by atoms with Crippen molar-refractivity contribution >= 4 is 5.97 Å². The van der Waals surface area contributed by atoms with Gasteiger partial charge in [0.2, 0.25) is 0 Å². The van der Waals surface area contributed by atoms with Crippen LogP contribution in [-0.2, 0) is 4.74 Å². The molecule has 0 spiro atoms. The quantitative estimate of drug-likeness (QED) is 0.871. The third-order valence-corrected chi connectivity index (χ3v) is 2.82. The Morgan fingerprint density at radius 1 is 1.41 bits per heavy atom. The highest BCUT2D eigenvalue weighted by Crippen LogP contribution is 2.20. The van der Waals surface area contributed by atoms with Gasteiger partial charge in [0.15, 0.2) is 0 Å². The number of carbonyl (C=O) groups is 1. The Labute approximate surface area is 100 Å². The summed E-state index contributed by atoms with van der Waals surface area (Å²) in [4.78, 5) is 11.0. The van der Waals surface area contributed by atoms with E-state index in [1.807, 2.05) is 0 Å². The Kier molecular flexibility index (Phi) is 3.98. The van der Waals surface area contributed by atoms with Crippen LogP contribution in [0, 0.1) is 0 Å². The van der Waals surface area contributed by atoms with Gasteiger partial charge in [-0.1, -0.05) is 12.1 Å². The summed E-state index contributed by atoms with van der Waals surface area (Å²) < 4.78 is 11.1. The van der Waals surface area contributed by atoms with Gasteiger partial charge in [-0.3, -0.25) is 0 Å². The van der Waals surface area contributed by atoms with Crippen LogP contribution in [0.25, 0.3) is 0 Å². The van der Waals surface area contributed by atoms with Crippen molar-refractivity contribution in [1.29, 1.82) is 0 Å². The van der Waals surface area contributed by atoms with Gasteiger partial charge in [-0.2, -0.15) is 0 Å². The second-order valence-electron chi connectivity index (χ2n) is 4.10. The minimum absolute atomic E-state index is 0.0885. The van der Waals surface area contributed by atoms with Crippen LogP contribution in [0.4, 0.5) is 0 Å². The van der Waals surface area contributed by atoms with Gasteiger partial charge in [0.1, 0.15) is 17.9 Å². The predicted molar refractivity (Wildman–Crippen MR) is 62.5 cm³/mol. The van der Waals surface area contributed by atoms with Crippen molar-refractivity contribution < 1.29 is 19.4 Å². The molecule has 4 nitrogen and oxygen atoms in total. The summed E-state index contributed by atoms with van der Waals surface area (Å²) >= 11 is 0. The molecule has 1 N–H and O–H groups in total. The van der Waals surface area contributed by atoms with E-state index < -0.39 is 5.97 Å². The molecule has 1 atom stereocenters. The smallest absolute Gasteiger partial charge is 0.339 e. The zero-order valence-electron chi connectivity index (χ0n) is 9.59. The molecule has 17 heavy (non-hydrogen) atoms. The van der Waals surface area contributed by atoms with E-state index in [0.717, 1.165) is 25.9 Å². The predicted octanol–water partition coefficient (Wildman–Crippen LogP) is 2.33. The Morgan fingerprint density at radius 2 is 2.24 bits per heavy atom. The first-order valence-electron chi connectivity index (χ1n) is 5.84. The highest BCUT2D eigenvalue weighted by Gasteiger charge is 2.16. The average Bonchev–Trinajstić information content (AvgIpc) is 2.38. The van der Waals surface area contributed by atoms with E-state index in [1.165, 1.54) is 0 Å². The lowest BCUT2D eigenvalue weighted by Crippen LogP contribution is -2.26. The number of carboxylic acids is 1. The fourth-order valence-electron chi connectivity index (χ4n) is 1.89. The molecule has 0 amide bonds. The second-order valence-corrected chi connectivity index (χ2v) is 4.10. The van der Waals surface area contributed by atoms with Crippen LogP contribution in [0.3, 0.4) is 0 Å². The summed E-state index contributed by atoms with van der Waals surface area (Å²) in [6.45, 7) is 1.19. The van der Waals surface area contributed by atoms with Crippen molar-refractivity contribution in [3.05, 3.63) is 29.8 Å². The Bertz CT molecular complexity index is 383. The first-order chi connectivity index (χ1) is 8.27. The number of hydrogen-bond acceptors (Lipinski definition) is 3. The maximum absolute atomic E-state index is 11.0. The summed E-state index contributed by atoms with van der Waals surface area (Å²) in [5.41, 5.74) is 0.198. The molecular weight excluding hydrogens is 220 g/mol. The minimum Gasteiger partial charge on any atom is -0.490 e. The van der Waals surface area contributed by atoms with Crippen molar-refractivity contribution in [3.8, 4) is 5.75 Å². The second kappa shape index (κ2) is 5.68. The lowest BCUT2D eigenvalue weighted by Gasteiger charge is -2.22. The first-order valence-corrected chi connectivity index (χ1v) is 5.84. The van der Waals surface area contributed by atoms with Gasteiger partial charge >= 0.3 is 5.97 Å². The zero-order chi connectivity index (χ0) is 12.1. The molecule has 1 saturated heterocycles. The molecule has 1 aliphatic heterocycles. The summed E-state index contributed by atoms with van der Waals surface area (Å²) in [6.07, 6.45) is 3.32. The number of hydrogen-bond donors (Lipinski definition) is 1. The highest BCUT2D eigenvalue weighted by atomic mass is 16.5. The maximum atomic E-state index is 11.0. The summed E-state index contributed by atoms with van der Waals surface area (Å²) in [7, 11) is 0. The number of aromatic carboxylic acids is 1. The van der Waals surface area contributed by atoms with Crippen LogP contribution in [-0.4, -0.2) is 30.4 Å². The summed E-state index contributed by atoms with van der Waals surface area (Å²) in [5.74, 6) is -0.556. The van der Waals surface area contributed by atoms with Crippen LogP contribution in [0.1, 0.15) is 29.6 Å². The van der Waals surface area contributed by atoms with Crippen molar-refractivity contribution in [2.24, 2.45) is 0 Å². The molecule has 1 aromatic rings. The standard InChI is InChI=1S/C13H16O4/c14-13(15)11-6-1-2-7-12(11)17-9-10-5-3-4-8-16-10/h1-2,6-7,10H,3-5,8-9H2,(H,14,15). The summed E-state index contributed by atoms with van der Waals surface area (Å²) in [6, 6.07) is 6.67. The van der Waals surface area contributed by atoms with Gasteiger partial charge in [0, 0.05) is 6.61 Å². The molecule has 0 radical (unpaired) electrons. The van der Waals surface area contributed by atoms with Gasteiger partial charge in [-0.25, -0.2) is 4.79 Å². The van der Waals surface area contributed by atoms with Crippen LogP contribution in [0.15, 0.2) is 24.3 Å². The normalized spacial score (nSPS) is 19.9. The molecule has 1 unspecified atom stereocenters. The monoisotopic (exact) mass is 236 g/mol. The molecular formula is C13H16O4. The van der Waals surface area contributed by atoms with Crippen LogP contribution < -0.4 is 4.74 Å². The van der Waals surface area contributed by atoms with E-state index in [-0.39, 0.29) is 11.7 Å². The molecule has 2 rings (SSSR count). The molecule has 0 aliphatic carbocycles. The SMILES string of the molecule is O=C(O)c1ccccc1OCC1CCCCO1. The molecule has 1 fully saturated rings. The van der Waals surface area contributed by atoms with Gasteiger partial charge < -0.3 is 14.6 Å². The zero-order valence-corrected chi connectivity index (χ0v) is 9.59. The fourth-order valence-corrected chi connectivity index (χ4v) is 1.89. The number of benzene rings is 1. The van der Waals surface area contributed by atoms with Crippen molar-refractivity contribution in [2.75, 3.05) is 13.2 Å². The van der Waals surface area contributed by atoms with E-state index in [9.17, 15) is 4.79 Å². The lowest BCUT2D eigenvalue weighted by atomic mass is 10.1. The fraction of sp³-hybridized carbons (Fsp3) is 0.462. The van der Waals surface area contributed by atoms with Crippen LogP contribution >= 0.6 is 0 Å². The van der Waals surface area contributed by atoms with E-state index in [4.69, 9.17) is 14.6 Å². The highest BCUT2D eigenvalue weighted by molar-refractivity contribution is 5.90. The number of para-hydroxylation sites is 1. The first kappa shape index (κ1) is 11.9. The van der Waals surface area contributed by atoms with Crippen molar-refractivity contribution in [1.82, 2.24) is 0 Å². The third-order valence-electron chi connectivity index (χ3n) is 2.82. The van der Waals surface area contributed by atoms with E-state index in [1.54, 1.807) is 24.3 Å². The largest absolute Gasteiger partial charge is 0.490 e. The molecule has 1 aliphatic rings. The Hall–Kier alpha value is -1.55. The van der Waals surface area contributed by atoms with Gasteiger partial charge in [0.05, 0.1) is 6.10 Å². The summed E-state index contributed by atoms with van der Waals surface area (Å²) in [5, 5.41) is 8.99. The van der Waals surface area contributed by atoms with Crippen LogP contribution in [0.2, 0.25) is 0 Å². The average molecular weight is 236 g/mol. The molecule has 0 aromatic heterocycles. The molecule has 0 bridgehead atoms. The molecule has 92 valence electrons. The molecule has 1 heterocycles. The Morgan fingerprint density at radius 3 is 2.94 bits per heavy atom. The van der Waals surface area contributed by atoms with E-state index in [0.29, 0.717) is 12.4 Å². The molecule has 1 aromatic carbocycles. The molecule has 0 saturated carbocycles. The van der Waals surface area contributed by atoms with Gasteiger partial charge in [-0.15, -0.1) is 0 Å². The minimum atomic E-state index is -0.967. The van der Waals surface area contributed by atoms with E-state index in [2.05, 4.69) is 0 Å². The van der Waals surface area contributed by atoms with Crippen LogP contribution in [0.5, 0.6) is 5.75 Å². The number of ether oxygens (including phenoxy) is 2. The topological polar surface area (TPSA) is 55.8 Å². The van der Waals surface area contributed by atoms with Gasteiger partial charge in [0.25, 0.3) is 0 Å². The van der Waals surface area contributed by atoms with Crippen molar-refractivity contribution in [2.45, 2.75) is 25.4 Å². The third kappa shape index (κ3) is 3.20. The van der Waals surface area contributed by atoms with Gasteiger partial charge in [-0.05, 0) is 31.4 Å². The van der Waals surface area contributed by atoms with E-state index >= 15 is 0 Å². The number of carboxylic acid groups (broad SMARTS) is 1. The van der Waals surface area contributed by atoms with Crippen molar-refractivity contribution in [3.63, 3.8) is 0 Å². The molecule has 4 heteroatoms. The maximum Gasteiger partial charge on any atom is 0.339 e. The Balaban J connectivity index is 1.96.